The number of hydrogen-bond donors (Lipinski definition) is 3. The highest BCUT2D eigenvalue weighted by Crippen LogP contribution is 2.10. The number of carbonyl (C=O) groups is 2. The van der Waals surface area contributed by atoms with Gasteiger partial charge in [-0.25, -0.2) is 9.59 Å². The van der Waals surface area contributed by atoms with Crippen LogP contribution in [0.25, 0.3) is 0 Å². The third-order valence-corrected chi connectivity index (χ3v) is 3.66. The van der Waals surface area contributed by atoms with Crippen molar-refractivity contribution in [3.8, 4) is 0 Å². The fourth-order valence-electron chi connectivity index (χ4n) is 1.64. The van der Waals surface area contributed by atoms with Gasteiger partial charge in [0.15, 0.2) is 11.9 Å². The van der Waals surface area contributed by atoms with Gasteiger partial charge in [-0.15, -0.1) is 11.3 Å². The molecule has 0 aliphatic carbocycles. The highest BCUT2D eigenvalue weighted by atomic mass is 32.1. The van der Waals surface area contributed by atoms with Crippen LogP contribution < -0.4 is 11.1 Å². The van der Waals surface area contributed by atoms with E-state index in [1.807, 2.05) is 0 Å². The number of amides is 1. The highest BCUT2D eigenvalue weighted by Gasteiger charge is 2.29. The van der Waals surface area contributed by atoms with Crippen molar-refractivity contribution >= 4 is 29.2 Å². The number of nitrogens with one attached hydrogen (secondary N) is 1. The molecular formula is C15H23N3O5S. The first-order chi connectivity index (χ1) is 11.1. The molecule has 1 heterocycles. The first-order valence-electron chi connectivity index (χ1n) is 7.39. The number of oxime groups is 1. The number of nitrogens with zero attached hydrogens (tertiary/aromatic N) is 1. The number of alkyl carbamates (subject to hydrolysis) is 1. The number of ether oxygens (including phenoxy) is 1. The van der Waals surface area contributed by atoms with Crippen molar-refractivity contribution in [2.45, 2.75) is 51.9 Å². The Balaban J connectivity index is 2.61. The van der Waals surface area contributed by atoms with Crippen LogP contribution in [0.4, 0.5) is 4.79 Å². The van der Waals surface area contributed by atoms with Crippen LogP contribution >= 0.6 is 11.3 Å². The van der Waals surface area contributed by atoms with E-state index in [4.69, 9.17) is 10.5 Å². The summed E-state index contributed by atoms with van der Waals surface area (Å²) in [7, 11) is 0. The largest absolute Gasteiger partial charge is 0.444 e. The molecule has 0 aromatic carbocycles. The number of carbonyl (C=O) groups excluding carboxylic acids is 2. The van der Waals surface area contributed by atoms with Crippen molar-refractivity contribution in [3.05, 3.63) is 22.4 Å². The zero-order valence-electron chi connectivity index (χ0n) is 14.1. The Bertz CT molecular complexity index is 580. The van der Waals surface area contributed by atoms with Gasteiger partial charge in [-0.05, 0) is 38.6 Å². The molecule has 24 heavy (non-hydrogen) atoms. The standard InChI is InChI=1S/C15H23N3O5S/c1-5-9(17-14(21)22-15(2,3)4)11(19)13(20)23-18-12(16)10-7-6-8-24-10/h6-9,11,19H,5H2,1-4H3,(H2,16,18)(H,17,21)/t9-,11?/m0/s1. The van der Waals surface area contributed by atoms with Gasteiger partial charge in [0, 0.05) is 0 Å². The Morgan fingerprint density at radius 1 is 1.46 bits per heavy atom. The maximum Gasteiger partial charge on any atom is 0.407 e. The van der Waals surface area contributed by atoms with Crippen LogP contribution in [-0.2, 0) is 14.4 Å². The Kier molecular flexibility index (Phi) is 7.18. The minimum Gasteiger partial charge on any atom is -0.444 e. The first kappa shape index (κ1) is 19.9. The Hall–Kier alpha value is -2.13. The average molecular weight is 357 g/mol. The topological polar surface area (TPSA) is 123 Å². The van der Waals surface area contributed by atoms with Gasteiger partial charge in [0.05, 0.1) is 10.9 Å². The van der Waals surface area contributed by atoms with Crippen LogP contribution in [0, 0.1) is 0 Å². The second-order valence-electron chi connectivity index (χ2n) is 5.97. The molecule has 0 spiro atoms. The highest BCUT2D eigenvalue weighted by molar-refractivity contribution is 7.12. The average Bonchev–Trinajstić information content (AvgIpc) is 3.01. The molecule has 134 valence electrons. The fraction of sp³-hybridized carbons (Fsp3) is 0.533. The predicted molar refractivity (Wildman–Crippen MR) is 90.6 cm³/mol. The van der Waals surface area contributed by atoms with E-state index in [0.717, 1.165) is 0 Å². The van der Waals surface area contributed by atoms with Crippen LogP contribution in [0.1, 0.15) is 39.0 Å². The van der Waals surface area contributed by atoms with Gasteiger partial charge in [0.1, 0.15) is 5.60 Å². The summed E-state index contributed by atoms with van der Waals surface area (Å²) in [4.78, 5) is 28.9. The second kappa shape index (κ2) is 8.65. The van der Waals surface area contributed by atoms with Crippen LogP contribution in [0.2, 0.25) is 0 Å². The lowest BCUT2D eigenvalue weighted by atomic mass is 10.1. The number of thiophene rings is 1. The van der Waals surface area contributed by atoms with Crippen LogP contribution in [0.5, 0.6) is 0 Å². The lowest BCUT2D eigenvalue weighted by Gasteiger charge is -2.24. The summed E-state index contributed by atoms with van der Waals surface area (Å²) >= 11 is 1.33. The quantitative estimate of drug-likeness (QED) is 0.307. The van der Waals surface area contributed by atoms with Crippen molar-refractivity contribution in [2.24, 2.45) is 10.9 Å². The van der Waals surface area contributed by atoms with Gasteiger partial charge in [-0.1, -0.05) is 18.1 Å². The fourth-order valence-corrected chi connectivity index (χ4v) is 2.26. The molecule has 4 N–H and O–H groups in total. The summed E-state index contributed by atoms with van der Waals surface area (Å²) in [6.45, 7) is 6.82. The number of amidine groups is 1. The minimum absolute atomic E-state index is 0.0266. The summed E-state index contributed by atoms with van der Waals surface area (Å²) in [5, 5.41) is 17.7. The smallest absolute Gasteiger partial charge is 0.407 e. The zero-order valence-corrected chi connectivity index (χ0v) is 14.9. The zero-order chi connectivity index (χ0) is 18.3. The van der Waals surface area contributed by atoms with Crippen molar-refractivity contribution in [1.82, 2.24) is 5.32 Å². The first-order valence-corrected chi connectivity index (χ1v) is 8.27. The molecule has 8 nitrogen and oxygen atoms in total. The molecule has 1 unspecified atom stereocenters. The molecule has 1 amide bonds. The molecule has 0 fully saturated rings. The molecule has 0 radical (unpaired) electrons. The number of nitrogens with two attached hydrogens (primary N) is 1. The van der Waals surface area contributed by atoms with Crippen LogP contribution in [-0.4, -0.2) is 40.8 Å². The predicted octanol–water partition coefficient (Wildman–Crippen LogP) is 1.58. The maximum absolute atomic E-state index is 11.9. The van der Waals surface area contributed by atoms with Gasteiger partial charge in [-0.2, -0.15) is 0 Å². The normalized spacial score (nSPS) is 14.6. The van der Waals surface area contributed by atoms with E-state index in [-0.39, 0.29) is 5.84 Å². The molecule has 1 aromatic heterocycles. The third kappa shape index (κ3) is 6.55. The van der Waals surface area contributed by atoms with Crippen molar-refractivity contribution < 1.29 is 24.3 Å². The third-order valence-electron chi connectivity index (χ3n) is 2.77. The summed E-state index contributed by atoms with van der Waals surface area (Å²) in [5.41, 5.74) is 4.97. The Morgan fingerprint density at radius 3 is 2.62 bits per heavy atom. The summed E-state index contributed by atoms with van der Waals surface area (Å²) in [6.07, 6.45) is -2.04. The Labute approximate surface area is 144 Å². The van der Waals surface area contributed by atoms with Crippen molar-refractivity contribution in [2.75, 3.05) is 0 Å². The van der Waals surface area contributed by atoms with Gasteiger partial charge in [-0.3, -0.25) is 0 Å². The van der Waals surface area contributed by atoms with E-state index >= 15 is 0 Å². The van der Waals surface area contributed by atoms with Crippen molar-refractivity contribution in [1.29, 1.82) is 0 Å². The number of hydrogen-bond acceptors (Lipinski definition) is 7. The van der Waals surface area contributed by atoms with Gasteiger partial charge >= 0.3 is 12.1 Å². The Morgan fingerprint density at radius 2 is 2.12 bits per heavy atom. The summed E-state index contributed by atoms with van der Waals surface area (Å²) in [6, 6.07) is 2.62. The molecule has 2 atom stereocenters. The van der Waals surface area contributed by atoms with Gasteiger partial charge in [0.2, 0.25) is 0 Å². The molecular weight excluding hydrogens is 334 g/mol. The molecule has 0 saturated carbocycles. The molecule has 0 saturated heterocycles. The molecule has 9 heteroatoms. The van der Waals surface area contributed by atoms with Crippen LogP contribution in [0.3, 0.4) is 0 Å². The number of aliphatic hydroxyl groups excluding tert-OH is 1. The summed E-state index contributed by atoms with van der Waals surface area (Å²) in [5.74, 6) is -0.990. The van der Waals surface area contributed by atoms with E-state index in [1.165, 1.54) is 11.3 Å². The second-order valence-corrected chi connectivity index (χ2v) is 6.92. The van der Waals surface area contributed by atoms with Gasteiger partial charge < -0.3 is 25.7 Å². The molecule has 0 aliphatic rings. The van der Waals surface area contributed by atoms with E-state index in [1.54, 1.807) is 45.2 Å². The molecule has 1 aromatic rings. The number of rotatable bonds is 6. The lowest BCUT2D eigenvalue weighted by molar-refractivity contribution is -0.155. The summed E-state index contributed by atoms with van der Waals surface area (Å²) < 4.78 is 5.09. The lowest BCUT2D eigenvalue weighted by Crippen LogP contribution is -2.48. The van der Waals surface area contributed by atoms with Gasteiger partial charge in [0.25, 0.3) is 0 Å². The molecule has 0 bridgehead atoms. The van der Waals surface area contributed by atoms with E-state index in [9.17, 15) is 14.7 Å². The van der Waals surface area contributed by atoms with E-state index < -0.39 is 29.8 Å². The monoisotopic (exact) mass is 357 g/mol. The maximum atomic E-state index is 11.9. The SMILES string of the molecule is CC[C@H](NC(=O)OC(C)(C)C)C(O)C(=O)O/N=C(\N)c1cccs1. The van der Waals surface area contributed by atoms with E-state index in [0.29, 0.717) is 11.3 Å². The van der Waals surface area contributed by atoms with Crippen molar-refractivity contribution in [3.63, 3.8) is 0 Å². The number of aliphatic hydroxyl groups is 1. The minimum atomic E-state index is -1.59. The molecule has 0 aliphatic heterocycles. The van der Waals surface area contributed by atoms with Crippen LogP contribution in [0.15, 0.2) is 22.7 Å². The molecule has 1 rings (SSSR count). The van der Waals surface area contributed by atoms with E-state index in [2.05, 4.69) is 15.3 Å².